The predicted octanol–water partition coefficient (Wildman–Crippen LogP) is 2.54. The summed E-state index contributed by atoms with van der Waals surface area (Å²) < 4.78 is 27.0. The standard InChI is InChI=1S/C17H21N3O4S/c1-14(19(2)16-6-4-3-5-7-16)12-18-25(23,24)13-15-8-10-17(11-9-15)20(21)22/h3-11,14,18H,12-13H2,1-2H3. The Morgan fingerprint density at radius 2 is 1.72 bits per heavy atom. The Labute approximate surface area is 147 Å². The molecule has 0 bridgehead atoms. The fourth-order valence-electron chi connectivity index (χ4n) is 2.29. The van der Waals surface area contributed by atoms with Crippen LogP contribution in [0.3, 0.4) is 0 Å². The molecule has 2 rings (SSSR count). The van der Waals surface area contributed by atoms with E-state index in [0.29, 0.717) is 5.56 Å². The molecule has 0 aliphatic rings. The van der Waals surface area contributed by atoms with E-state index in [9.17, 15) is 18.5 Å². The Hall–Kier alpha value is -2.45. The number of hydrogen-bond acceptors (Lipinski definition) is 5. The first-order valence-corrected chi connectivity index (χ1v) is 9.42. The Morgan fingerprint density at radius 1 is 1.12 bits per heavy atom. The number of anilines is 1. The number of nitro groups is 1. The molecule has 0 saturated heterocycles. The van der Waals surface area contributed by atoms with Crippen molar-refractivity contribution in [1.82, 2.24) is 4.72 Å². The van der Waals surface area contributed by atoms with Crippen molar-refractivity contribution in [3.8, 4) is 0 Å². The minimum absolute atomic E-state index is 0.0333. The van der Waals surface area contributed by atoms with Gasteiger partial charge < -0.3 is 4.90 Å². The van der Waals surface area contributed by atoms with Crippen molar-refractivity contribution in [3.63, 3.8) is 0 Å². The number of benzene rings is 2. The quantitative estimate of drug-likeness (QED) is 0.575. The van der Waals surface area contributed by atoms with E-state index in [1.165, 1.54) is 24.3 Å². The zero-order valence-electron chi connectivity index (χ0n) is 14.1. The van der Waals surface area contributed by atoms with Gasteiger partial charge in [-0.05, 0) is 24.6 Å². The van der Waals surface area contributed by atoms with Crippen LogP contribution in [-0.2, 0) is 15.8 Å². The highest BCUT2D eigenvalue weighted by Crippen LogP contribution is 2.15. The first kappa shape index (κ1) is 18.9. The van der Waals surface area contributed by atoms with Crippen LogP contribution in [0.4, 0.5) is 11.4 Å². The van der Waals surface area contributed by atoms with Crippen molar-refractivity contribution in [2.45, 2.75) is 18.7 Å². The fraction of sp³-hybridized carbons (Fsp3) is 0.294. The molecule has 1 unspecified atom stereocenters. The molecule has 134 valence electrons. The second kappa shape index (κ2) is 8.09. The van der Waals surface area contributed by atoms with Crippen molar-refractivity contribution in [3.05, 3.63) is 70.3 Å². The largest absolute Gasteiger partial charge is 0.371 e. The van der Waals surface area contributed by atoms with Crippen molar-refractivity contribution in [2.75, 3.05) is 18.5 Å². The lowest BCUT2D eigenvalue weighted by Gasteiger charge is -2.27. The topological polar surface area (TPSA) is 92.5 Å². The molecule has 0 fully saturated rings. The highest BCUT2D eigenvalue weighted by atomic mass is 32.2. The molecule has 0 aliphatic carbocycles. The molecule has 0 amide bonds. The van der Waals surface area contributed by atoms with Crippen molar-refractivity contribution in [1.29, 1.82) is 0 Å². The van der Waals surface area contributed by atoms with E-state index < -0.39 is 14.9 Å². The summed E-state index contributed by atoms with van der Waals surface area (Å²) in [6.45, 7) is 2.20. The van der Waals surface area contributed by atoms with Crippen LogP contribution in [0.2, 0.25) is 0 Å². The molecule has 2 aromatic rings. The number of hydrogen-bond donors (Lipinski definition) is 1. The van der Waals surface area contributed by atoms with Crippen LogP contribution in [0.5, 0.6) is 0 Å². The molecular weight excluding hydrogens is 342 g/mol. The maximum atomic E-state index is 12.2. The van der Waals surface area contributed by atoms with Gasteiger partial charge in [0.05, 0.1) is 10.7 Å². The highest BCUT2D eigenvalue weighted by Gasteiger charge is 2.16. The first-order chi connectivity index (χ1) is 11.8. The van der Waals surface area contributed by atoms with Crippen LogP contribution in [0, 0.1) is 10.1 Å². The number of nitro benzene ring substituents is 1. The molecule has 0 spiro atoms. The van der Waals surface area contributed by atoms with Gasteiger partial charge >= 0.3 is 0 Å². The summed E-state index contributed by atoms with van der Waals surface area (Å²) in [5.74, 6) is -0.216. The number of rotatable bonds is 8. The van der Waals surface area contributed by atoms with Crippen molar-refractivity contribution < 1.29 is 13.3 Å². The summed E-state index contributed by atoms with van der Waals surface area (Å²) in [5, 5.41) is 10.6. The van der Waals surface area contributed by atoms with Crippen molar-refractivity contribution in [2.24, 2.45) is 0 Å². The summed E-state index contributed by atoms with van der Waals surface area (Å²) >= 11 is 0. The van der Waals surface area contributed by atoms with Gasteiger partial charge in [-0.2, -0.15) is 0 Å². The summed E-state index contributed by atoms with van der Waals surface area (Å²) in [6.07, 6.45) is 0. The highest BCUT2D eigenvalue weighted by molar-refractivity contribution is 7.88. The Kier molecular flexibility index (Phi) is 6.11. The lowest BCUT2D eigenvalue weighted by atomic mass is 10.2. The molecular formula is C17H21N3O4S. The van der Waals surface area contributed by atoms with E-state index in [-0.39, 0.29) is 24.0 Å². The van der Waals surface area contributed by atoms with Gasteiger partial charge in [-0.25, -0.2) is 13.1 Å². The summed E-state index contributed by atoms with van der Waals surface area (Å²) in [7, 11) is -1.62. The molecule has 8 heteroatoms. The van der Waals surface area contributed by atoms with E-state index in [1.54, 1.807) is 0 Å². The van der Waals surface area contributed by atoms with Gasteiger partial charge in [0.2, 0.25) is 10.0 Å². The zero-order valence-corrected chi connectivity index (χ0v) is 14.9. The van der Waals surface area contributed by atoms with E-state index in [2.05, 4.69) is 4.72 Å². The van der Waals surface area contributed by atoms with E-state index in [4.69, 9.17) is 0 Å². The molecule has 0 radical (unpaired) electrons. The average molecular weight is 363 g/mol. The third-order valence-electron chi connectivity index (χ3n) is 3.93. The van der Waals surface area contributed by atoms with Gasteiger partial charge in [-0.15, -0.1) is 0 Å². The minimum atomic E-state index is -3.53. The molecule has 7 nitrogen and oxygen atoms in total. The van der Waals surface area contributed by atoms with Crippen LogP contribution in [0.1, 0.15) is 12.5 Å². The molecule has 0 aromatic heterocycles. The van der Waals surface area contributed by atoms with E-state index in [0.717, 1.165) is 5.69 Å². The fourth-order valence-corrected chi connectivity index (χ4v) is 3.51. The predicted molar refractivity (Wildman–Crippen MR) is 98.0 cm³/mol. The van der Waals surface area contributed by atoms with Crippen LogP contribution < -0.4 is 9.62 Å². The number of non-ortho nitro benzene ring substituents is 1. The van der Waals surface area contributed by atoms with Gasteiger partial charge in [0.25, 0.3) is 5.69 Å². The molecule has 25 heavy (non-hydrogen) atoms. The molecule has 2 aromatic carbocycles. The number of para-hydroxylation sites is 1. The number of nitrogens with one attached hydrogen (secondary N) is 1. The number of nitrogens with zero attached hydrogens (tertiary/aromatic N) is 2. The van der Waals surface area contributed by atoms with Gasteiger partial charge in [0.1, 0.15) is 0 Å². The molecule has 0 aliphatic heterocycles. The zero-order chi connectivity index (χ0) is 18.4. The Balaban J connectivity index is 1.93. The molecule has 1 N–H and O–H groups in total. The number of likely N-dealkylation sites (N-methyl/N-ethyl adjacent to an activating group) is 1. The van der Waals surface area contributed by atoms with Gasteiger partial charge in [-0.3, -0.25) is 10.1 Å². The number of sulfonamides is 1. The third-order valence-corrected chi connectivity index (χ3v) is 5.25. The monoisotopic (exact) mass is 363 g/mol. The van der Waals surface area contributed by atoms with Crippen molar-refractivity contribution >= 4 is 21.4 Å². The van der Waals surface area contributed by atoms with E-state index >= 15 is 0 Å². The van der Waals surface area contributed by atoms with Crippen LogP contribution in [-0.4, -0.2) is 33.0 Å². The molecule has 0 saturated carbocycles. The summed E-state index contributed by atoms with van der Waals surface area (Å²) in [4.78, 5) is 12.1. The van der Waals surface area contributed by atoms with Crippen LogP contribution >= 0.6 is 0 Å². The van der Waals surface area contributed by atoms with Gasteiger partial charge in [0, 0.05) is 37.5 Å². The SMILES string of the molecule is CC(CNS(=O)(=O)Cc1ccc([N+](=O)[O-])cc1)N(C)c1ccccc1. The smallest absolute Gasteiger partial charge is 0.269 e. The second-order valence-corrected chi connectivity index (χ2v) is 7.63. The maximum Gasteiger partial charge on any atom is 0.269 e. The lowest BCUT2D eigenvalue weighted by Crippen LogP contribution is -2.40. The summed E-state index contributed by atoms with van der Waals surface area (Å²) in [6, 6.07) is 15.2. The second-order valence-electron chi connectivity index (χ2n) is 5.83. The normalized spacial score (nSPS) is 12.6. The van der Waals surface area contributed by atoms with Crippen LogP contribution in [0.25, 0.3) is 0 Å². The van der Waals surface area contributed by atoms with E-state index in [1.807, 2.05) is 49.2 Å². The minimum Gasteiger partial charge on any atom is -0.371 e. The Bertz CT molecular complexity index is 808. The summed E-state index contributed by atoms with van der Waals surface area (Å²) in [5.41, 5.74) is 1.44. The molecule has 0 heterocycles. The first-order valence-electron chi connectivity index (χ1n) is 7.77. The lowest BCUT2D eigenvalue weighted by molar-refractivity contribution is -0.384. The Morgan fingerprint density at radius 3 is 2.28 bits per heavy atom. The maximum absolute atomic E-state index is 12.2. The van der Waals surface area contributed by atoms with Gasteiger partial charge in [0.15, 0.2) is 0 Å². The molecule has 1 atom stereocenters. The van der Waals surface area contributed by atoms with Gasteiger partial charge in [-0.1, -0.05) is 30.3 Å². The third kappa shape index (κ3) is 5.54. The van der Waals surface area contributed by atoms with Crippen LogP contribution in [0.15, 0.2) is 54.6 Å². The average Bonchev–Trinajstić information content (AvgIpc) is 2.60.